The van der Waals surface area contributed by atoms with Gasteiger partial charge in [-0.3, -0.25) is 14.1 Å². The summed E-state index contributed by atoms with van der Waals surface area (Å²) in [4.78, 5) is 3.68. The van der Waals surface area contributed by atoms with Gasteiger partial charge in [-0.1, -0.05) is 0 Å². The number of hydrogen-bond donors (Lipinski definition) is 2. The lowest BCUT2D eigenvalue weighted by atomic mass is 10.2. The molecule has 0 unspecified atom stereocenters. The van der Waals surface area contributed by atoms with Gasteiger partial charge in [0.2, 0.25) is 0 Å². The van der Waals surface area contributed by atoms with Gasteiger partial charge in [0.05, 0.1) is 19.0 Å². The number of pyridine rings is 1. The van der Waals surface area contributed by atoms with E-state index in [1.165, 1.54) is 19.4 Å². The molecule has 1 heterocycles. The lowest BCUT2D eigenvalue weighted by Gasteiger charge is -2.08. The summed E-state index contributed by atoms with van der Waals surface area (Å²) in [7, 11) is -7.39. The molecule has 102 valence electrons. The molecule has 0 saturated heterocycles. The van der Waals surface area contributed by atoms with Crippen LogP contribution in [0.3, 0.4) is 0 Å². The Morgan fingerprint density at radius 1 is 1.17 bits per heavy atom. The van der Waals surface area contributed by atoms with Crippen LogP contribution in [0.15, 0.2) is 12.3 Å². The fraction of sp³-hybridized carbons (Fsp3) is 0.375. The molecule has 2 N–H and O–H groups in total. The standard InChI is InChI=1S/C8H11NO7S2/c1-16-7-2-6(4-17(10,11)12)8(9-3-7)5-18(13,14)15/h2-3H,4-5H2,1H3,(H,10,11,12)(H,13,14,15). The largest absolute Gasteiger partial charge is 0.495 e. The molecule has 0 spiro atoms. The fourth-order valence-electron chi connectivity index (χ4n) is 1.25. The van der Waals surface area contributed by atoms with Crippen LogP contribution in [-0.2, 0) is 31.7 Å². The minimum absolute atomic E-state index is 0.0607. The topological polar surface area (TPSA) is 131 Å². The Kier molecular flexibility index (Phi) is 4.27. The zero-order valence-corrected chi connectivity index (χ0v) is 10.9. The molecule has 1 rings (SSSR count). The van der Waals surface area contributed by atoms with Gasteiger partial charge < -0.3 is 4.74 Å². The van der Waals surface area contributed by atoms with E-state index in [-0.39, 0.29) is 17.0 Å². The quantitative estimate of drug-likeness (QED) is 0.718. The van der Waals surface area contributed by atoms with E-state index in [0.717, 1.165) is 0 Å². The maximum absolute atomic E-state index is 10.8. The van der Waals surface area contributed by atoms with Crippen molar-refractivity contribution in [2.24, 2.45) is 0 Å². The van der Waals surface area contributed by atoms with Crippen molar-refractivity contribution in [3.63, 3.8) is 0 Å². The zero-order valence-electron chi connectivity index (χ0n) is 9.27. The molecule has 0 atom stereocenters. The molecule has 0 amide bonds. The zero-order chi connectivity index (χ0) is 14.0. The van der Waals surface area contributed by atoms with Crippen LogP contribution in [0.5, 0.6) is 5.75 Å². The van der Waals surface area contributed by atoms with Gasteiger partial charge in [0.25, 0.3) is 20.2 Å². The van der Waals surface area contributed by atoms with Crippen LogP contribution in [-0.4, -0.2) is 38.0 Å². The summed E-state index contributed by atoms with van der Waals surface area (Å²) in [6.07, 6.45) is 1.17. The second-order valence-corrected chi connectivity index (χ2v) is 6.34. The highest BCUT2D eigenvalue weighted by Crippen LogP contribution is 2.18. The van der Waals surface area contributed by atoms with E-state index < -0.39 is 31.7 Å². The summed E-state index contributed by atoms with van der Waals surface area (Å²) >= 11 is 0. The lowest BCUT2D eigenvalue weighted by Crippen LogP contribution is -2.10. The van der Waals surface area contributed by atoms with Crippen LogP contribution in [0.1, 0.15) is 11.3 Å². The number of aromatic nitrogens is 1. The summed E-state index contributed by atoms with van der Waals surface area (Å²) < 4.78 is 65.3. The molecule has 0 saturated carbocycles. The van der Waals surface area contributed by atoms with Crippen molar-refractivity contribution in [1.29, 1.82) is 0 Å². The average molecular weight is 297 g/mol. The highest BCUT2D eigenvalue weighted by molar-refractivity contribution is 7.85. The van der Waals surface area contributed by atoms with Crippen molar-refractivity contribution in [3.8, 4) is 5.75 Å². The number of nitrogens with zero attached hydrogens (tertiary/aromatic N) is 1. The summed E-state index contributed by atoms with van der Waals surface area (Å²) in [5, 5.41) is 0. The van der Waals surface area contributed by atoms with Gasteiger partial charge in [-0.2, -0.15) is 16.8 Å². The highest BCUT2D eigenvalue weighted by Gasteiger charge is 2.17. The smallest absolute Gasteiger partial charge is 0.270 e. The SMILES string of the molecule is COc1cnc(CS(=O)(=O)O)c(CS(=O)(=O)O)c1. The second kappa shape index (κ2) is 5.18. The minimum atomic E-state index is -4.35. The number of ether oxygens (including phenoxy) is 1. The normalized spacial score (nSPS) is 12.4. The third-order valence-electron chi connectivity index (χ3n) is 1.93. The van der Waals surface area contributed by atoms with Crippen LogP contribution >= 0.6 is 0 Å². The first kappa shape index (κ1) is 14.8. The van der Waals surface area contributed by atoms with Crippen LogP contribution in [0, 0.1) is 0 Å². The van der Waals surface area contributed by atoms with E-state index in [9.17, 15) is 16.8 Å². The Balaban J connectivity index is 3.24. The van der Waals surface area contributed by atoms with E-state index in [1.54, 1.807) is 0 Å². The predicted octanol–water partition coefficient (Wildman–Crippen LogP) is -0.134. The van der Waals surface area contributed by atoms with Crippen LogP contribution in [0.4, 0.5) is 0 Å². The lowest BCUT2D eigenvalue weighted by molar-refractivity contribution is 0.412. The molecule has 0 aliphatic carbocycles. The van der Waals surface area contributed by atoms with Gasteiger partial charge in [-0.25, -0.2) is 0 Å². The Morgan fingerprint density at radius 3 is 2.17 bits per heavy atom. The molecule has 18 heavy (non-hydrogen) atoms. The fourth-order valence-corrected chi connectivity index (χ4v) is 2.50. The van der Waals surface area contributed by atoms with Gasteiger partial charge in [-0.15, -0.1) is 0 Å². The molecule has 0 aromatic carbocycles. The summed E-state index contributed by atoms with van der Waals surface area (Å²) in [5.41, 5.74) is -0.231. The van der Waals surface area contributed by atoms with Crippen molar-refractivity contribution < 1.29 is 30.7 Å². The molecule has 8 nitrogen and oxygen atoms in total. The maximum Gasteiger partial charge on any atom is 0.270 e. The van der Waals surface area contributed by atoms with Gasteiger partial charge >= 0.3 is 0 Å². The maximum atomic E-state index is 10.8. The second-order valence-electron chi connectivity index (χ2n) is 3.43. The molecule has 0 aliphatic rings. The molecule has 0 aliphatic heterocycles. The van der Waals surface area contributed by atoms with E-state index in [2.05, 4.69) is 4.98 Å². The minimum Gasteiger partial charge on any atom is -0.495 e. The Bertz CT molecular complexity index is 635. The Labute approximate surface area is 104 Å². The average Bonchev–Trinajstić information content (AvgIpc) is 2.16. The molecule has 0 fully saturated rings. The molecule has 0 bridgehead atoms. The van der Waals surface area contributed by atoms with Crippen molar-refractivity contribution in [2.45, 2.75) is 11.5 Å². The van der Waals surface area contributed by atoms with Gasteiger partial charge in [0, 0.05) is 0 Å². The van der Waals surface area contributed by atoms with Crippen molar-refractivity contribution in [3.05, 3.63) is 23.5 Å². The Morgan fingerprint density at radius 2 is 1.72 bits per heavy atom. The van der Waals surface area contributed by atoms with E-state index in [1.807, 2.05) is 0 Å². The molecule has 0 radical (unpaired) electrons. The van der Waals surface area contributed by atoms with Crippen LogP contribution in [0.2, 0.25) is 0 Å². The number of rotatable bonds is 5. The number of methoxy groups -OCH3 is 1. The first-order valence-corrected chi connectivity index (χ1v) is 7.74. The van der Waals surface area contributed by atoms with Crippen LogP contribution < -0.4 is 4.74 Å². The van der Waals surface area contributed by atoms with E-state index in [0.29, 0.717) is 0 Å². The van der Waals surface area contributed by atoms with E-state index >= 15 is 0 Å². The van der Waals surface area contributed by atoms with Gasteiger partial charge in [0.1, 0.15) is 17.3 Å². The first-order chi connectivity index (χ1) is 8.11. The molecule has 10 heteroatoms. The Hall–Kier alpha value is -1.23. The first-order valence-electron chi connectivity index (χ1n) is 4.53. The molecular formula is C8H11NO7S2. The predicted molar refractivity (Wildman–Crippen MR) is 61.3 cm³/mol. The summed E-state index contributed by atoms with van der Waals surface area (Å²) in [6.45, 7) is 0. The summed E-state index contributed by atoms with van der Waals surface area (Å²) in [5.74, 6) is -1.46. The van der Waals surface area contributed by atoms with Crippen molar-refractivity contribution in [2.75, 3.05) is 7.11 Å². The third kappa shape index (κ3) is 4.96. The van der Waals surface area contributed by atoms with E-state index in [4.69, 9.17) is 13.8 Å². The third-order valence-corrected chi connectivity index (χ3v) is 3.24. The monoisotopic (exact) mass is 297 g/mol. The highest BCUT2D eigenvalue weighted by atomic mass is 32.2. The van der Waals surface area contributed by atoms with Gasteiger partial charge in [0.15, 0.2) is 0 Å². The van der Waals surface area contributed by atoms with Gasteiger partial charge in [-0.05, 0) is 11.6 Å². The molecule has 1 aromatic rings. The van der Waals surface area contributed by atoms with Crippen molar-refractivity contribution >= 4 is 20.2 Å². The molecular weight excluding hydrogens is 286 g/mol. The molecule has 1 aromatic heterocycles. The van der Waals surface area contributed by atoms with Crippen LogP contribution in [0.25, 0.3) is 0 Å². The summed E-state index contributed by atoms with van der Waals surface area (Å²) in [6, 6.07) is 1.22. The number of hydrogen-bond acceptors (Lipinski definition) is 6. The van der Waals surface area contributed by atoms with Crippen molar-refractivity contribution in [1.82, 2.24) is 4.98 Å².